The van der Waals surface area contributed by atoms with E-state index < -0.39 is 46.0 Å². The number of thioether (sulfide) groups is 1. The topological polar surface area (TPSA) is 100 Å². The molecule has 0 aliphatic carbocycles. The van der Waals surface area contributed by atoms with Gasteiger partial charge in [0.15, 0.2) is 5.16 Å². The molecule has 52 heavy (non-hydrogen) atoms. The third kappa shape index (κ3) is 8.68. The number of methoxy groups -OCH3 is 2. The lowest BCUT2D eigenvalue weighted by atomic mass is 9.91. The van der Waals surface area contributed by atoms with E-state index >= 15 is 0 Å². The van der Waals surface area contributed by atoms with Crippen LogP contribution < -0.4 is 18.6 Å². The van der Waals surface area contributed by atoms with E-state index in [0.717, 1.165) is 22.9 Å². The summed E-state index contributed by atoms with van der Waals surface area (Å²) in [6.07, 6.45) is -5.13. The molecule has 1 aromatic heterocycles. The summed E-state index contributed by atoms with van der Waals surface area (Å²) in [5.41, 5.74) is -5.67. The van der Waals surface area contributed by atoms with Gasteiger partial charge < -0.3 is 23.3 Å². The molecule has 4 aromatic rings. The summed E-state index contributed by atoms with van der Waals surface area (Å²) in [4.78, 5) is 9.94. The third-order valence-corrected chi connectivity index (χ3v) is 9.46. The van der Waals surface area contributed by atoms with Crippen molar-refractivity contribution in [3.8, 4) is 29.2 Å². The van der Waals surface area contributed by atoms with Crippen molar-refractivity contribution < 1.29 is 53.2 Å². The SMILES string of the molecule is CC#Cc1cc(N(Cc2ccc(OC)cc2)Cc2ccc(OC)cc2)cc(C2Cc3nc(SC)nc(OS(=O)(=O)C(F)(F)F)c3CO2)c1C(F)(F)F. The molecule has 0 spiro atoms. The van der Waals surface area contributed by atoms with Gasteiger partial charge in [0.25, 0.3) is 0 Å². The van der Waals surface area contributed by atoms with Crippen LogP contribution >= 0.6 is 11.8 Å². The zero-order valence-corrected chi connectivity index (χ0v) is 29.7. The Hall–Kier alpha value is -4.66. The van der Waals surface area contributed by atoms with Gasteiger partial charge in [-0.3, -0.25) is 0 Å². The molecule has 0 radical (unpaired) electrons. The fourth-order valence-electron chi connectivity index (χ4n) is 5.51. The molecule has 0 bridgehead atoms. The molecule has 0 saturated heterocycles. The summed E-state index contributed by atoms with van der Waals surface area (Å²) < 4.78 is 129. The minimum atomic E-state index is -6.13. The van der Waals surface area contributed by atoms with Crippen molar-refractivity contribution in [1.82, 2.24) is 9.97 Å². The van der Waals surface area contributed by atoms with Gasteiger partial charge in [-0.15, -0.1) is 5.92 Å². The van der Waals surface area contributed by atoms with Crippen LogP contribution in [-0.4, -0.2) is 44.4 Å². The van der Waals surface area contributed by atoms with Crippen LogP contribution in [-0.2, 0) is 47.1 Å². The van der Waals surface area contributed by atoms with Crippen LogP contribution in [0.5, 0.6) is 17.4 Å². The second kappa shape index (κ2) is 15.5. The lowest BCUT2D eigenvalue weighted by Crippen LogP contribution is -2.30. The van der Waals surface area contributed by atoms with Gasteiger partial charge in [-0.1, -0.05) is 41.9 Å². The number of nitrogens with zero attached hydrogens (tertiary/aromatic N) is 3. The van der Waals surface area contributed by atoms with Crippen molar-refractivity contribution in [2.24, 2.45) is 0 Å². The number of fused-ring (bicyclic) bond motifs is 1. The van der Waals surface area contributed by atoms with E-state index in [-0.39, 0.29) is 47.1 Å². The van der Waals surface area contributed by atoms with E-state index in [9.17, 15) is 34.8 Å². The lowest BCUT2D eigenvalue weighted by Gasteiger charge is -2.31. The average Bonchev–Trinajstić information content (AvgIpc) is 3.10. The van der Waals surface area contributed by atoms with Crippen molar-refractivity contribution in [3.63, 3.8) is 0 Å². The first-order chi connectivity index (χ1) is 24.6. The molecule has 5 rings (SSSR count). The van der Waals surface area contributed by atoms with Crippen LogP contribution in [0.15, 0.2) is 65.8 Å². The monoisotopic (exact) mass is 767 g/mol. The van der Waals surface area contributed by atoms with E-state index in [1.807, 2.05) is 29.2 Å². The summed E-state index contributed by atoms with van der Waals surface area (Å²) in [6.45, 7) is 1.28. The Morgan fingerprint density at radius 1 is 0.923 bits per heavy atom. The summed E-state index contributed by atoms with van der Waals surface area (Å²) >= 11 is 0.876. The summed E-state index contributed by atoms with van der Waals surface area (Å²) in [6, 6.07) is 17.1. The molecule has 9 nitrogen and oxygen atoms in total. The van der Waals surface area contributed by atoms with Gasteiger partial charge in [-0.05, 0) is 66.3 Å². The molecule has 0 N–H and O–H groups in total. The van der Waals surface area contributed by atoms with E-state index in [2.05, 4.69) is 26.0 Å². The maximum atomic E-state index is 14.9. The smallest absolute Gasteiger partial charge is 0.497 e. The van der Waals surface area contributed by atoms with Crippen molar-refractivity contribution in [1.29, 1.82) is 0 Å². The molecule has 1 aliphatic rings. The first-order valence-electron chi connectivity index (χ1n) is 15.3. The fraction of sp³-hybridized carbons (Fsp3) is 0.314. The quantitative estimate of drug-likeness (QED) is 0.0375. The lowest BCUT2D eigenvalue weighted by molar-refractivity contribution is -0.140. The molecule has 276 valence electrons. The molecule has 3 aromatic carbocycles. The molecule has 1 unspecified atom stereocenters. The number of ether oxygens (including phenoxy) is 3. The number of alkyl halides is 6. The molecule has 0 fully saturated rings. The molecular weight excluding hydrogens is 737 g/mol. The van der Waals surface area contributed by atoms with Gasteiger partial charge in [0.05, 0.1) is 43.8 Å². The van der Waals surface area contributed by atoms with E-state index in [0.29, 0.717) is 17.2 Å². The number of hydrogen-bond acceptors (Lipinski definition) is 10. The van der Waals surface area contributed by atoms with Crippen LogP contribution in [0.1, 0.15) is 52.1 Å². The standard InChI is InChI=1S/C35H31F6N3O6S2/c1-5-6-23-15-24(44(18-21-7-11-25(47-2)12-8-21)19-22-9-13-26(48-3)14-10-22)16-27(31(23)34(36,37)38)30-17-29-28(20-49-30)32(43-33(42-29)51-4)50-52(45,46)35(39,40)41/h7-16,30H,17-20H2,1-4H3. The fourth-order valence-corrected chi connectivity index (χ4v) is 6.32. The summed E-state index contributed by atoms with van der Waals surface area (Å²) in [5, 5.41) is -0.153. The molecule has 17 heteroatoms. The highest BCUT2D eigenvalue weighted by Crippen LogP contribution is 2.44. The molecule has 0 amide bonds. The van der Waals surface area contributed by atoms with Gasteiger partial charge in [0.1, 0.15) is 11.5 Å². The molecule has 2 heterocycles. The first kappa shape index (κ1) is 38.6. The second-order valence-corrected chi connectivity index (χ2v) is 13.6. The Morgan fingerprint density at radius 3 is 1.98 bits per heavy atom. The number of rotatable bonds is 11. The Balaban J connectivity index is 1.64. The number of halogens is 6. The average molecular weight is 768 g/mol. The highest BCUT2D eigenvalue weighted by atomic mass is 32.2. The van der Waals surface area contributed by atoms with Crippen LogP contribution in [0.4, 0.5) is 32.0 Å². The van der Waals surface area contributed by atoms with Crippen LogP contribution in [0, 0.1) is 11.8 Å². The third-order valence-electron chi connectivity index (χ3n) is 7.97. The second-order valence-electron chi connectivity index (χ2n) is 11.3. The minimum absolute atomic E-state index is 0.0297. The maximum Gasteiger partial charge on any atom is 0.534 e. The molecule has 0 saturated carbocycles. The Morgan fingerprint density at radius 2 is 1.50 bits per heavy atom. The Kier molecular flexibility index (Phi) is 11.5. The summed E-state index contributed by atoms with van der Waals surface area (Å²) in [5.74, 6) is 5.48. The van der Waals surface area contributed by atoms with Crippen LogP contribution in [0.3, 0.4) is 0 Å². The largest absolute Gasteiger partial charge is 0.534 e. The predicted octanol–water partition coefficient (Wildman–Crippen LogP) is 7.86. The zero-order chi connectivity index (χ0) is 37.8. The van der Waals surface area contributed by atoms with Crippen molar-refractivity contribution in [2.75, 3.05) is 25.4 Å². The number of hydrogen-bond donors (Lipinski definition) is 0. The van der Waals surface area contributed by atoms with E-state index in [1.54, 1.807) is 24.3 Å². The van der Waals surface area contributed by atoms with Gasteiger partial charge in [0.2, 0.25) is 5.88 Å². The highest BCUT2D eigenvalue weighted by molar-refractivity contribution is 7.98. The van der Waals surface area contributed by atoms with Gasteiger partial charge in [0, 0.05) is 30.8 Å². The molecule has 1 atom stereocenters. The first-order valence-corrected chi connectivity index (χ1v) is 17.9. The normalized spacial score (nSPS) is 14.5. The van der Waals surface area contributed by atoms with Crippen LogP contribution in [0.25, 0.3) is 0 Å². The summed E-state index contributed by atoms with van der Waals surface area (Å²) in [7, 11) is -3.07. The highest BCUT2D eigenvalue weighted by Gasteiger charge is 2.49. The Labute approximate surface area is 300 Å². The van der Waals surface area contributed by atoms with Crippen molar-refractivity contribution in [2.45, 2.75) is 56.0 Å². The Bertz CT molecular complexity index is 2030. The van der Waals surface area contributed by atoms with Gasteiger partial charge in [-0.25, -0.2) is 4.98 Å². The van der Waals surface area contributed by atoms with Crippen molar-refractivity contribution in [3.05, 3.63) is 99.7 Å². The molecular formula is C35H31F6N3O6S2. The number of anilines is 1. The minimum Gasteiger partial charge on any atom is -0.497 e. The number of benzene rings is 3. The maximum absolute atomic E-state index is 14.9. The van der Waals surface area contributed by atoms with Gasteiger partial charge >= 0.3 is 21.8 Å². The number of aromatic nitrogens is 2. The van der Waals surface area contributed by atoms with E-state index in [4.69, 9.17) is 14.2 Å². The van der Waals surface area contributed by atoms with Crippen LogP contribution in [0.2, 0.25) is 0 Å². The zero-order valence-electron chi connectivity index (χ0n) is 28.1. The van der Waals surface area contributed by atoms with Crippen molar-refractivity contribution >= 4 is 27.6 Å². The molecule has 1 aliphatic heterocycles. The van der Waals surface area contributed by atoms with E-state index in [1.165, 1.54) is 39.5 Å². The van der Waals surface area contributed by atoms with Gasteiger partial charge in [-0.2, -0.15) is 39.7 Å². The predicted molar refractivity (Wildman–Crippen MR) is 181 cm³/mol.